The number of aliphatic carboxylic acids is 1. The summed E-state index contributed by atoms with van der Waals surface area (Å²) in [5.74, 6) is -1.05. The molecule has 0 aromatic rings. The van der Waals surface area contributed by atoms with Gasteiger partial charge in [0.15, 0.2) is 0 Å². The number of carboxylic acids is 1. The molecule has 1 N–H and O–H groups in total. The molecule has 0 aliphatic rings. The number of nitrogens with zero attached hydrogens (tertiary/aromatic N) is 1. The minimum atomic E-state index is -1.14. The van der Waals surface area contributed by atoms with Crippen molar-refractivity contribution in [3.8, 4) is 0 Å². The number of likely N-dealkylation sites (N-methyl/N-ethyl adjacent to an activating group) is 1. The second-order valence-corrected chi connectivity index (χ2v) is 8.15. The number of unbranched alkanes of at least 4 members (excludes halogenated alkanes) is 11. The van der Waals surface area contributed by atoms with E-state index in [1.807, 2.05) is 0 Å². The summed E-state index contributed by atoms with van der Waals surface area (Å²) in [6.07, 6.45) is 21.0. The highest BCUT2D eigenvalue weighted by Crippen LogP contribution is 2.16. The molecule has 0 unspecified atom stereocenters. The fourth-order valence-corrected chi connectivity index (χ4v) is 2.97. The second-order valence-electron chi connectivity index (χ2n) is 8.15. The van der Waals surface area contributed by atoms with Crippen molar-refractivity contribution in [2.24, 2.45) is 0 Å². The van der Waals surface area contributed by atoms with E-state index in [2.05, 4.69) is 19.1 Å². The van der Waals surface area contributed by atoms with E-state index in [1.54, 1.807) is 20.9 Å². The molecule has 0 aliphatic heterocycles. The Labute approximate surface area is 167 Å². The Kier molecular flexibility index (Phi) is 14.9. The molecule has 0 spiro atoms. The summed E-state index contributed by atoms with van der Waals surface area (Å²) in [6.45, 7) is 5.38. The van der Waals surface area contributed by atoms with Crippen LogP contribution in [0.1, 0.15) is 111 Å². The maximum atomic E-state index is 12.1. The van der Waals surface area contributed by atoms with Gasteiger partial charge < -0.3 is 10.0 Å². The van der Waals surface area contributed by atoms with Crippen molar-refractivity contribution >= 4 is 11.9 Å². The number of carbonyl (C=O) groups excluding carboxylic acids is 1. The summed E-state index contributed by atoms with van der Waals surface area (Å²) in [5.41, 5.74) is -1.14. The van der Waals surface area contributed by atoms with Gasteiger partial charge in [0.1, 0.15) is 5.54 Å². The molecular weight excluding hydrogens is 338 g/mol. The van der Waals surface area contributed by atoms with E-state index >= 15 is 0 Å². The fourth-order valence-electron chi connectivity index (χ4n) is 2.97. The lowest BCUT2D eigenvalue weighted by Gasteiger charge is -2.31. The second kappa shape index (κ2) is 15.7. The summed E-state index contributed by atoms with van der Waals surface area (Å²) >= 11 is 0. The number of amides is 1. The van der Waals surface area contributed by atoms with Crippen molar-refractivity contribution in [3.05, 3.63) is 12.2 Å². The number of carboxylic acid groups (broad SMARTS) is 1. The van der Waals surface area contributed by atoms with Crippen molar-refractivity contribution in [2.45, 2.75) is 116 Å². The minimum absolute atomic E-state index is 0.0833. The molecular formula is C23H43NO3. The van der Waals surface area contributed by atoms with Crippen LogP contribution >= 0.6 is 0 Å². The third-order valence-corrected chi connectivity index (χ3v) is 5.39. The Morgan fingerprint density at radius 1 is 0.815 bits per heavy atom. The zero-order chi connectivity index (χ0) is 20.5. The van der Waals surface area contributed by atoms with Crippen molar-refractivity contribution in [3.63, 3.8) is 0 Å². The van der Waals surface area contributed by atoms with Crippen LogP contribution in [0.5, 0.6) is 0 Å². The monoisotopic (exact) mass is 381 g/mol. The van der Waals surface area contributed by atoms with E-state index in [-0.39, 0.29) is 5.91 Å². The smallest absolute Gasteiger partial charge is 0.329 e. The Morgan fingerprint density at radius 2 is 1.26 bits per heavy atom. The third-order valence-electron chi connectivity index (χ3n) is 5.39. The normalized spacial score (nSPS) is 11.9. The maximum absolute atomic E-state index is 12.1. The number of allylic oxidation sites excluding steroid dienone is 2. The van der Waals surface area contributed by atoms with Gasteiger partial charge in [0, 0.05) is 13.5 Å². The van der Waals surface area contributed by atoms with Crippen LogP contribution in [0, 0.1) is 0 Å². The molecule has 0 fully saturated rings. The summed E-state index contributed by atoms with van der Waals surface area (Å²) in [7, 11) is 1.58. The fraction of sp³-hybridized carbons (Fsp3) is 0.826. The first kappa shape index (κ1) is 25.7. The van der Waals surface area contributed by atoms with Gasteiger partial charge in [-0.1, -0.05) is 70.4 Å². The predicted molar refractivity (Wildman–Crippen MR) is 114 cm³/mol. The van der Waals surface area contributed by atoms with Crippen LogP contribution in [0.2, 0.25) is 0 Å². The van der Waals surface area contributed by atoms with Gasteiger partial charge in [0.25, 0.3) is 0 Å². The topological polar surface area (TPSA) is 57.6 Å². The van der Waals surface area contributed by atoms with Crippen LogP contribution in [0.4, 0.5) is 0 Å². The van der Waals surface area contributed by atoms with E-state index in [0.29, 0.717) is 6.42 Å². The molecule has 0 saturated heterocycles. The highest BCUT2D eigenvalue weighted by Gasteiger charge is 2.34. The zero-order valence-corrected chi connectivity index (χ0v) is 18.3. The first-order valence-electron chi connectivity index (χ1n) is 11.0. The lowest BCUT2D eigenvalue weighted by atomic mass is 10.0. The molecule has 27 heavy (non-hydrogen) atoms. The first-order chi connectivity index (χ1) is 12.8. The van der Waals surface area contributed by atoms with E-state index in [1.165, 1.54) is 62.7 Å². The Bertz CT molecular complexity index is 429. The van der Waals surface area contributed by atoms with Crippen LogP contribution in [-0.4, -0.2) is 34.5 Å². The van der Waals surface area contributed by atoms with E-state index in [0.717, 1.165) is 25.7 Å². The molecule has 0 aromatic heterocycles. The van der Waals surface area contributed by atoms with Crippen molar-refractivity contribution < 1.29 is 14.7 Å². The van der Waals surface area contributed by atoms with E-state index in [9.17, 15) is 9.59 Å². The number of hydrogen-bond acceptors (Lipinski definition) is 2. The van der Waals surface area contributed by atoms with Crippen LogP contribution in [0.15, 0.2) is 12.2 Å². The summed E-state index contributed by atoms with van der Waals surface area (Å²) in [6, 6.07) is 0. The largest absolute Gasteiger partial charge is 0.480 e. The van der Waals surface area contributed by atoms with Gasteiger partial charge in [0.2, 0.25) is 5.91 Å². The number of carbonyl (C=O) groups is 2. The molecule has 0 atom stereocenters. The van der Waals surface area contributed by atoms with Gasteiger partial charge in [0.05, 0.1) is 0 Å². The lowest BCUT2D eigenvalue weighted by Crippen LogP contribution is -2.50. The van der Waals surface area contributed by atoms with E-state index in [4.69, 9.17) is 5.11 Å². The molecule has 0 heterocycles. The lowest BCUT2D eigenvalue weighted by molar-refractivity contribution is -0.155. The zero-order valence-electron chi connectivity index (χ0n) is 18.3. The highest BCUT2D eigenvalue weighted by molar-refractivity contribution is 5.86. The maximum Gasteiger partial charge on any atom is 0.329 e. The number of hydrogen-bond donors (Lipinski definition) is 1. The van der Waals surface area contributed by atoms with Gasteiger partial charge in [-0.3, -0.25) is 4.79 Å². The van der Waals surface area contributed by atoms with Crippen LogP contribution in [-0.2, 0) is 9.59 Å². The number of rotatable bonds is 17. The van der Waals surface area contributed by atoms with Gasteiger partial charge in [-0.15, -0.1) is 0 Å². The summed E-state index contributed by atoms with van der Waals surface area (Å²) in [5, 5.41) is 9.16. The summed E-state index contributed by atoms with van der Waals surface area (Å²) < 4.78 is 0. The molecule has 4 heteroatoms. The SMILES string of the molecule is CCCCCCCC/C=C\CCCCCCCC(=O)N(C)C(C)(C)C(=O)O. The molecule has 0 radical (unpaired) electrons. The van der Waals surface area contributed by atoms with E-state index < -0.39 is 11.5 Å². The van der Waals surface area contributed by atoms with Crippen molar-refractivity contribution in [2.75, 3.05) is 7.05 Å². The Balaban J connectivity index is 3.53. The molecule has 0 saturated carbocycles. The molecule has 0 rings (SSSR count). The Hall–Kier alpha value is -1.32. The molecule has 1 amide bonds. The van der Waals surface area contributed by atoms with Crippen molar-refractivity contribution in [1.82, 2.24) is 4.90 Å². The average Bonchev–Trinajstić information content (AvgIpc) is 2.63. The van der Waals surface area contributed by atoms with Gasteiger partial charge in [-0.2, -0.15) is 0 Å². The highest BCUT2D eigenvalue weighted by atomic mass is 16.4. The molecule has 0 aliphatic carbocycles. The predicted octanol–water partition coefficient (Wildman–Crippen LogP) is 6.35. The van der Waals surface area contributed by atoms with Crippen LogP contribution in [0.3, 0.4) is 0 Å². The molecule has 0 bridgehead atoms. The van der Waals surface area contributed by atoms with Gasteiger partial charge in [-0.25, -0.2) is 4.79 Å². The molecule has 4 nitrogen and oxygen atoms in total. The average molecular weight is 382 g/mol. The quantitative estimate of drug-likeness (QED) is 0.236. The van der Waals surface area contributed by atoms with Gasteiger partial charge in [-0.05, 0) is 46.0 Å². The van der Waals surface area contributed by atoms with Crippen LogP contribution in [0.25, 0.3) is 0 Å². The Morgan fingerprint density at radius 3 is 1.74 bits per heavy atom. The first-order valence-corrected chi connectivity index (χ1v) is 11.0. The van der Waals surface area contributed by atoms with Gasteiger partial charge >= 0.3 is 5.97 Å². The minimum Gasteiger partial charge on any atom is -0.480 e. The summed E-state index contributed by atoms with van der Waals surface area (Å²) in [4.78, 5) is 24.6. The van der Waals surface area contributed by atoms with Crippen molar-refractivity contribution in [1.29, 1.82) is 0 Å². The standard InChI is InChI=1S/C23H43NO3/c1-5-6-7-8-9-10-11-12-13-14-15-16-17-18-19-20-21(25)24(4)23(2,3)22(26)27/h12-13H,5-11,14-20H2,1-4H3,(H,26,27)/b13-12-. The third kappa shape index (κ3) is 12.6. The molecule has 0 aromatic carbocycles. The van der Waals surface area contributed by atoms with Crippen LogP contribution < -0.4 is 0 Å². The molecule has 158 valence electrons.